The van der Waals surface area contributed by atoms with Gasteiger partial charge in [-0.2, -0.15) is 0 Å². The lowest BCUT2D eigenvalue weighted by Gasteiger charge is -2.15. The van der Waals surface area contributed by atoms with Crippen LogP contribution in [0.3, 0.4) is 0 Å². The molecule has 0 amide bonds. The van der Waals surface area contributed by atoms with Crippen molar-refractivity contribution in [2.45, 2.75) is 25.9 Å². The third-order valence-corrected chi connectivity index (χ3v) is 5.19. The number of halogens is 1. The Labute approximate surface area is 167 Å². The minimum Gasteiger partial charge on any atom is -0.488 e. The number of fused-ring (bicyclic) bond motifs is 1. The lowest BCUT2D eigenvalue weighted by Crippen LogP contribution is -2.43. The number of hydrogen-bond donors (Lipinski definition) is 3. The molecule has 0 radical (unpaired) electrons. The highest BCUT2D eigenvalue weighted by molar-refractivity contribution is 14.0. The maximum atomic E-state index is 11.3. The van der Waals surface area contributed by atoms with E-state index >= 15 is 0 Å². The molecular weight excluding hydrogens is 455 g/mol. The SMILES string of the molecule is CCS(=O)(=O)NCCCNC(=NC)NCC1Cc2ccccc2O1.I. The Morgan fingerprint density at radius 3 is 2.72 bits per heavy atom. The van der Waals surface area contributed by atoms with E-state index in [2.05, 4.69) is 26.4 Å². The predicted molar refractivity (Wildman–Crippen MR) is 111 cm³/mol. The molecule has 0 spiro atoms. The molecule has 0 saturated carbocycles. The second-order valence-electron chi connectivity index (χ2n) is 5.58. The van der Waals surface area contributed by atoms with Crippen molar-refractivity contribution < 1.29 is 13.2 Å². The number of benzene rings is 1. The first-order valence-electron chi connectivity index (χ1n) is 8.20. The summed E-state index contributed by atoms with van der Waals surface area (Å²) >= 11 is 0. The van der Waals surface area contributed by atoms with Crippen LogP contribution in [0.15, 0.2) is 29.3 Å². The summed E-state index contributed by atoms with van der Waals surface area (Å²) in [5, 5.41) is 6.41. The van der Waals surface area contributed by atoms with Crippen molar-refractivity contribution in [2.24, 2.45) is 4.99 Å². The second-order valence-corrected chi connectivity index (χ2v) is 7.68. The fourth-order valence-electron chi connectivity index (χ4n) is 2.42. The molecule has 142 valence electrons. The largest absolute Gasteiger partial charge is 0.488 e. The average Bonchev–Trinajstić information content (AvgIpc) is 3.00. The molecule has 0 fully saturated rings. The number of sulfonamides is 1. The van der Waals surface area contributed by atoms with Crippen LogP contribution in [0.25, 0.3) is 0 Å². The van der Waals surface area contributed by atoms with Gasteiger partial charge in [-0.1, -0.05) is 18.2 Å². The number of nitrogens with one attached hydrogen (secondary N) is 3. The molecule has 25 heavy (non-hydrogen) atoms. The van der Waals surface area contributed by atoms with Gasteiger partial charge in [0.2, 0.25) is 10.0 Å². The standard InChI is InChI=1S/C16H26N4O3S.HI/c1-3-24(21,22)20-10-6-9-18-16(17-2)19-12-14-11-13-7-4-5-8-15(13)23-14;/h4-5,7-8,14,20H,3,6,9-12H2,1-2H3,(H2,17,18,19);1H. The molecule has 1 aliphatic heterocycles. The van der Waals surface area contributed by atoms with Gasteiger partial charge in [-0.15, -0.1) is 24.0 Å². The number of aliphatic imine (C=N–C) groups is 1. The molecule has 0 saturated heterocycles. The first-order valence-corrected chi connectivity index (χ1v) is 9.85. The number of hydrogen-bond acceptors (Lipinski definition) is 4. The van der Waals surface area contributed by atoms with Crippen molar-refractivity contribution in [3.63, 3.8) is 0 Å². The summed E-state index contributed by atoms with van der Waals surface area (Å²) < 4.78 is 31.0. The van der Waals surface area contributed by atoms with Crippen molar-refractivity contribution in [1.82, 2.24) is 15.4 Å². The Morgan fingerprint density at radius 2 is 2.04 bits per heavy atom. The van der Waals surface area contributed by atoms with Crippen LogP contribution < -0.4 is 20.1 Å². The van der Waals surface area contributed by atoms with Gasteiger partial charge < -0.3 is 15.4 Å². The molecule has 9 heteroatoms. The first kappa shape index (κ1) is 22.0. The van der Waals surface area contributed by atoms with Crippen LogP contribution in [-0.2, 0) is 16.4 Å². The molecule has 1 unspecified atom stereocenters. The van der Waals surface area contributed by atoms with Crippen LogP contribution in [-0.4, -0.2) is 52.9 Å². The highest BCUT2D eigenvalue weighted by atomic mass is 127. The monoisotopic (exact) mass is 482 g/mol. The Morgan fingerprint density at radius 1 is 1.28 bits per heavy atom. The summed E-state index contributed by atoms with van der Waals surface area (Å²) in [6.45, 7) is 3.34. The maximum absolute atomic E-state index is 11.3. The van der Waals surface area contributed by atoms with E-state index in [1.54, 1.807) is 14.0 Å². The van der Waals surface area contributed by atoms with E-state index in [4.69, 9.17) is 4.74 Å². The Bertz CT molecular complexity index is 642. The molecule has 1 atom stereocenters. The van der Waals surface area contributed by atoms with Gasteiger partial charge in [-0.25, -0.2) is 13.1 Å². The summed E-state index contributed by atoms with van der Waals surface area (Å²) in [5.74, 6) is 1.75. The number of nitrogens with zero attached hydrogens (tertiary/aromatic N) is 1. The van der Waals surface area contributed by atoms with Crippen LogP contribution in [0.5, 0.6) is 5.75 Å². The molecule has 0 aromatic heterocycles. The zero-order valence-corrected chi connectivity index (χ0v) is 17.8. The minimum absolute atomic E-state index is 0. The number of guanidine groups is 1. The van der Waals surface area contributed by atoms with Crippen molar-refractivity contribution >= 4 is 40.0 Å². The minimum atomic E-state index is -3.11. The van der Waals surface area contributed by atoms with Gasteiger partial charge in [0.05, 0.1) is 12.3 Å². The molecule has 0 aliphatic carbocycles. The fourth-order valence-corrected chi connectivity index (χ4v) is 3.08. The van der Waals surface area contributed by atoms with Crippen molar-refractivity contribution in [3.8, 4) is 5.75 Å². The Balaban J connectivity index is 0.00000312. The van der Waals surface area contributed by atoms with E-state index in [0.29, 0.717) is 32.0 Å². The third-order valence-electron chi connectivity index (χ3n) is 3.78. The molecule has 1 heterocycles. The normalized spacial score (nSPS) is 16.6. The van der Waals surface area contributed by atoms with E-state index in [9.17, 15) is 8.42 Å². The number of rotatable bonds is 8. The van der Waals surface area contributed by atoms with E-state index < -0.39 is 10.0 Å². The highest BCUT2D eigenvalue weighted by Gasteiger charge is 2.22. The van der Waals surface area contributed by atoms with Crippen molar-refractivity contribution in [1.29, 1.82) is 0 Å². The summed E-state index contributed by atoms with van der Waals surface area (Å²) in [4.78, 5) is 4.16. The summed E-state index contributed by atoms with van der Waals surface area (Å²) in [6.07, 6.45) is 1.67. The molecule has 2 rings (SSSR count). The van der Waals surface area contributed by atoms with Crippen LogP contribution in [0, 0.1) is 0 Å². The third kappa shape index (κ3) is 7.37. The van der Waals surface area contributed by atoms with Gasteiger partial charge in [0, 0.05) is 26.6 Å². The van der Waals surface area contributed by atoms with Gasteiger partial charge in [0.15, 0.2) is 5.96 Å². The summed E-state index contributed by atoms with van der Waals surface area (Å²) in [5.41, 5.74) is 1.23. The lowest BCUT2D eigenvalue weighted by atomic mass is 10.1. The summed E-state index contributed by atoms with van der Waals surface area (Å²) in [7, 11) is -1.41. The van der Waals surface area contributed by atoms with Crippen LogP contribution in [0.1, 0.15) is 18.9 Å². The molecule has 7 nitrogen and oxygen atoms in total. The van der Waals surface area contributed by atoms with Crippen LogP contribution >= 0.6 is 24.0 Å². The average molecular weight is 482 g/mol. The smallest absolute Gasteiger partial charge is 0.211 e. The second kappa shape index (κ2) is 10.8. The van der Waals surface area contributed by atoms with Gasteiger partial charge in [-0.05, 0) is 25.0 Å². The van der Waals surface area contributed by atoms with E-state index in [1.165, 1.54) is 5.56 Å². The van der Waals surface area contributed by atoms with E-state index in [-0.39, 0.29) is 35.8 Å². The number of ether oxygens (including phenoxy) is 1. The topological polar surface area (TPSA) is 91.8 Å². The molecular formula is C16H27IN4O3S. The molecule has 1 aromatic rings. The van der Waals surface area contributed by atoms with E-state index in [0.717, 1.165) is 12.2 Å². The Kier molecular flexibility index (Phi) is 9.51. The van der Waals surface area contributed by atoms with Gasteiger partial charge >= 0.3 is 0 Å². The van der Waals surface area contributed by atoms with Gasteiger partial charge in [0.1, 0.15) is 11.9 Å². The van der Waals surface area contributed by atoms with Gasteiger partial charge in [0.25, 0.3) is 0 Å². The van der Waals surface area contributed by atoms with Crippen molar-refractivity contribution in [3.05, 3.63) is 29.8 Å². The predicted octanol–water partition coefficient (Wildman–Crippen LogP) is 1.10. The molecule has 3 N–H and O–H groups in total. The molecule has 1 aromatic carbocycles. The first-order chi connectivity index (χ1) is 11.5. The zero-order chi connectivity index (χ0) is 17.4. The van der Waals surface area contributed by atoms with Crippen LogP contribution in [0.4, 0.5) is 0 Å². The zero-order valence-electron chi connectivity index (χ0n) is 14.6. The maximum Gasteiger partial charge on any atom is 0.211 e. The molecule has 0 bridgehead atoms. The Hall–Kier alpha value is -1.07. The van der Waals surface area contributed by atoms with Gasteiger partial charge in [-0.3, -0.25) is 4.99 Å². The number of para-hydroxylation sites is 1. The van der Waals surface area contributed by atoms with E-state index in [1.807, 2.05) is 18.2 Å². The lowest BCUT2D eigenvalue weighted by molar-refractivity contribution is 0.235. The quantitative estimate of drug-likeness (QED) is 0.224. The summed E-state index contributed by atoms with van der Waals surface area (Å²) in [6, 6.07) is 8.06. The van der Waals surface area contributed by atoms with Crippen molar-refractivity contribution in [2.75, 3.05) is 32.4 Å². The molecule has 1 aliphatic rings. The highest BCUT2D eigenvalue weighted by Crippen LogP contribution is 2.27. The fraction of sp³-hybridized carbons (Fsp3) is 0.562. The van der Waals surface area contributed by atoms with Crippen LogP contribution in [0.2, 0.25) is 0 Å².